The zero-order valence-corrected chi connectivity index (χ0v) is 12.0. The molecule has 6 heteroatoms. The Bertz CT molecular complexity index is 800. The molecule has 1 aromatic heterocycles. The highest BCUT2D eigenvalue weighted by Gasteiger charge is 2.31. The number of aromatic nitrogens is 2. The number of carbonyl (C=O) groups excluding carboxylic acids is 2. The van der Waals surface area contributed by atoms with Crippen molar-refractivity contribution < 1.29 is 9.59 Å². The molecule has 0 spiro atoms. The van der Waals surface area contributed by atoms with Crippen LogP contribution in [0.3, 0.4) is 0 Å². The molecule has 0 aliphatic carbocycles. The first kappa shape index (κ1) is 13.6. The molecule has 0 bridgehead atoms. The maximum absolute atomic E-state index is 12.5. The maximum Gasteiger partial charge on any atom is 0.329 e. The van der Waals surface area contributed by atoms with Crippen molar-refractivity contribution in [3.63, 3.8) is 0 Å². The highest BCUT2D eigenvalue weighted by molar-refractivity contribution is 6.00. The van der Waals surface area contributed by atoms with Crippen molar-refractivity contribution in [2.45, 2.75) is 32.2 Å². The molecule has 1 aliphatic heterocycles. The predicted molar refractivity (Wildman–Crippen MR) is 78.0 cm³/mol. The summed E-state index contributed by atoms with van der Waals surface area (Å²) in [4.78, 5) is 35.8. The molecule has 21 heavy (non-hydrogen) atoms. The van der Waals surface area contributed by atoms with E-state index in [9.17, 15) is 14.4 Å². The highest BCUT2D eigenvalue weighted by atomic mass is 16.2. The molecule has 1 atom stereocenters. The number of piperidine rings is 1. The first-order valence-electron chi connectivity index (χ1n) is 7.06. The maximum atomic E-state index is 12.5. The van der Waals surface area contributed by atoms with Gasteiger partial charge in [0, 0.05) is 13.5 Å². The third kappa shape index (κ3) is 2.07. The fourth-order valence-electron chi connectivity index (χ4n) is 2.86. The Labute approximate surface area is 121 Å². The average Bonchev–Trinajstić information content (AvgIpc) is 2.71. The molecule has 0 radical (unpaired) electrons. The van der Waals surface area contributed by atoms with Gasteiger partial charge in [-0.3, -0.25) is 24.0 Å². The largest absolute Gasteiger partial charge is 0.329 e. The summed E-state index contributed by atoms with van der Waals surface area (Å²) in [5.74, 6) is -0.682. The summed E-state index contributed by atoms with van der Waals surface area (Å²) < 4.78 is 3.05. The predicted octanol–water partition coefficient (Wildman–Crippen LogP) is 0.880. The molecule has 0 unspecified atom stereocenters. The molecule has 2 aromatic rings. The fourth-order valence-corrected chi connectivity index (χ4v) is 2.86. The molecule has 3 rings (SSSR count). The molecule has 1 fully saturated rings. The van der Waals surface area contributed by atoms with Gasteiger partial charge in [0.2, 0.25) is 11.8 Å². The second-order valence-corrected chi connectivity index (χ2v) is 5.36. The minimum absolute atomic E-state index is 0.229. The van der Waals surface area contributed by atoms with Crippen LogP contribution in [0.4, 0.5) is 0 Å². The van der Waals surface area contributed by atoms with E-state index in [4.69, 9.17) is 0 Å². The number of hydrogen-bond donors (Lipinski definition) is 1. The van der Waals surface area contributed by atoms with E-state index in [2.05, 4.69) is 12.2 Å². The Morgan fingerprint density at radius 2 is 2.00 bits per heavy atom. The molecule has 110 valence electrons. The Kier molecular flexibility index (Phi) is 3.16. The van der Waals surface area contributed by atoms with Crippen LogP contribution in [-0.2, 0) is 23.1 Å². The third-order valence-corrected chi connectivity index (χ3v) is 4.08. The lowest BCUT2D eigenvalue weighted by molar-refractivity contribution is -0.135. The SMILES string of the molecule is CCc1ccc2c(c1)n(C)c(=O)n2[C@H]1CCC(=O)NC1=O. The molecule has 2 amide bonds. The highest BCUT2D eigenvalue weighted by Crippen LogP contribution is 2.23. The van der Waals surface area contributed by atoms with Crippen molar-refractivity contribution in [2.75, 3.05) is 0 Å². The first-order valence-corrected chi connectivity index (χ1v) is 7.06. The van der Waals surface area contributed by atoms with Gasteiger partial charge in [-0.15, -0.1) is 0 Å². The van der Waals surface area contributed by atoms with E-state index < -0.39 is 11.9 Å². The van der Waals surface area contributed by atoms with Crippen molar-refractivity contribution in [3.8, 4) is 0 Å². The summed E-state index contributed by atoms with van der Waals surface area (Å²) >= 11 is 0. The number of fused-ring (bicyclic) bond motifs is 1. The number of carbonyl (C=O) groups is 2. The van der Waals surface area contributed by atoms with Gasteiger partial charge in [-0.1, -0.05) is 13.0 Å². The lowest BCUT2D eigenvalue weighted by Gasteiger charge is -2.21. The van der Waals surface area contributed by atoms with Crippen LogP contribution < -0.4 is 11.0 Å². The number of nitrogens with one attached hydrogen (secondary N) is 1. The van der Waals surface area contributed by atoms with E-state index in [0.717, 1.165) is 23.0 Å². The average molecular weight is 287 g/mol. The number of imidazole rings is 1. The molecule has 1 saturated heterocycles. The fraction of sp³-hybridized carbons (Fsp3) is 0.400. The van der Waals surface area contributed by atoms with Gasteiger partial charge in [0.15, 0.2) is 0 Å². The van der Waals surface area contributed by atoms with E-state index in [1.165, 1.54) is 4.57 Å². The van der Waals surface area contributed by atoms with Crippen LogP contribution in [0.2, 0.25) is 0 Å². The second kappa shape index (κ2) is 4.87. The summed E-state index contributed by atoms with van der Waals surface area (Å²) in [6.07, 6.45) is 1.50. The van der Waals surface area contributed by atoms with Crippen LogP contribution in [0.1, 0.15) is 31.4 Å². The Morgan fingerprint density at radius 3 is 2.67 bits per heavy atom. The lowest BCUT2D eigenvalue weighted by Crippen LogP contribution is -2.44. The van der Waals surface area contributed by atoms with Crippen LogP contribution >= 0.6 is 0 Å². The number of hydrogen-bond acceptors (Lipinski definition) is 3. The minimum atomic E-state index is -0.619. The number of nitrogens with zero attached hydrogens (tertiary/aromatic N) is 2. The van der Waals surface area contributed by atoms with Gasteiger partial charge in [-0.2, -0.15) is 0 Å². The van der Waals surface area contributed by atoms with Crippen molar-refractivity contribution in [1.29, 1.82) is 0 Å². The number of rotatable bonds is 2. The van der Waals surface area contributed by atoms with Gasteiger partial charge < -0.3 is 0 Å². The van der Waals surface area contributed by atoms with Crippen LogP contribution in [-0.4, -0.2) is 20.9 Å². The van der Waals surface area contributed by atoms with E-state index in [0.29, 0.717) is 6.42 Å². The number of benzene rings is 1. The summed E-state index contributed by atoms with van der Waals surface area (Å²) in [5, 5.41) is 2.30. The molecular formula is C15H17N3O3. The van der Waals surface area contributed by atoms with Gasteiger partial charge in [0.25, 0.3) is 0 Å². The van der Waals surface area contributed by atoms with Crippen LogP contribution in [0.5, 0.6) is 0 Å². The number of aryl methyl sites for hydroxylation is 2. The quantitative estimate of drug-likeness (QED) is 0.833. The summed E-state index contributed by atoms with van der Waals surface area (Å²) in [6, 6.07) is 5.19. The van der Waals surface area contributed by atoms with E-state index >= 15 is 0 Å². The van der Waals surface area contributed by atoms with Gasteiger partial charge >= 0.3 is 5.69 Å². The lowest BCUT2D eigenvalue weighted by atomic mass is 10.1. The minimum Gasteiger partial charge on any atom is -0.295 e. The van der Waals surface area contributed by atoms with E-state index in [-0.39, 0.29) is 18.0 Å². The molecule has 1 aliphatic rings. The summed E-state index contributed by atoms with van der Waals surface area (Å²) in [6.45, 7) is 2.05. The monoisotopic (exact) mass is 287 g/mol. The summed E-state index contributed by atoms with van der Waals surface area (Å²) in [5.41, 5.74) is 2.45. The molecule has 1 aromatic carbocycles. The smallest absolute Gasteiger partial charge is 0.295 e. The van der Waals surface area contributed by atoms with Crippen LogP contribution in [0.25, 0.3) is 11.0 Å². The van der Waals surface area contributed by atoms with Crippen LogP contribution in [0, 0.1) is 0 Å². The van der Waals surface area contributed by atoms with Gasteiger partial charge in [-0.25, -0.2) is 4.79 Å². The molecule has 1 N–H and O–H groups in total. The standard InChI is InChI=1S/C15H17N3O3/c1-3-9-4-5-10-12(8-9)17(2)15(21)18(10)11-6-7-13(19)16-14(11)20/h4-5,8,11H,3,6-7H2,1-2H3,(H,16,19,20)/t11-/m0/s1. The Morgan fingerprint density at radius 1 is 1.24 bits per heavy atom. The third-order valence-electron chi connectivity index (χ3n) is 4.08. The molecular weight excluding hydrogens is 270 g/mol. The first-order chi connectivity index (χ1) is 10.0. The zero-order valence-electron chi connectivity index (χ0n) is 12.0. The Balaban J connectivity index is 2.19. The van der Waals surface area contributed by atoms with Crippen molar-refractivity contribution in [2.24, 2.45) is 7.05 Å². The normalized spacial score (nSPS) is 19.0. The Hall–Kier alpha value is -2.37. The van der Waals surface area contributed by atoms with E-state index in [1.807, 2.05) is 18.2 Å². The van der Waals surface area contributed by atoms with Crippen molar-refractivity contribution in [1.82, 2.24) is 14.5 Å². The van der Waals surface area contributed by atoms with Gasteiger partial charge in [-0.05, 0) is 30.5 Å². The van der Waals surface area contributed by atoms with Gasteiger partial charge in [0.05, 0.1) is 11.0 Å². The topological polar surface area (TPSA) is 73.1 Å². The number of imide groups is 1. The van der Waals surface area contributed by atoms with Gasteiger partial charge in [0.1, 0.15) is 6.04 Å². The zero-order chi connectivity index (χ0) is 15.1. The van der Waals surface area contributed by atoms with Crippen molar-refractivity contribution >= 4 is 22.8 Å². The molecule has 0 saturated carbocycles. The van der Waals surface area contributed by atoms with Crippen LogP contribution in [0.15, 0.2) is 23.0 Å². The molecule has 2 heterocycles. The number of amides is 2. The summed E-state index contributed by atoms with van der Waals surface area (Å²) in [7, 11) is 1.70. The second-order valence-electron chi connectivity index (χ2n) is 5.36. The van der Waals surface area contributed by atoms with Crippen molar-refractivity contribution in [3.05, 3.63) is 34.2 Å². The van der Waals surface area contributed by atoms with E-state index in [1.54, 1.807) is 11.6 Å². The molecule has 6 nitrogen and oxygen atoms in total.